The minimum atomic E-state index is -0.238. The Balaban J connectivity index is 2.25. The summed E-state index contributed by atoms with van der Waals surface area (Å²) in [6.07, 6.45) is 0.983. The third-order valence-electron chi connectivity index (χ3n) is 2.87. The molecule has 1 heterocycles. The summed E-state index contributed by atoms with van der Waals surface area (Å²) >= 11 is 17.9. The van der Waals surface area contributed by atoms with Crippen LogP contribution in [0.25, 0.3) is 0 Å². The lowest BCUT2D eigenvalue weighted by molar-refractivity contribution is 0.315. The Bertz CT molecular complexity index is 598. The van der Waals surface area contributed by atoms with E-state index in [9.17, 15) is 0 Å². The van der Waals surface area contributed by atoms with Gasteiger partial charge in [0.05, 0.1) is 21.5 Å². The Kier molecular flexibility index (Phi) is 5.79. The van der Waals surface area contributed by atoms with Crippen LogP contribution in [0.1, 0.15) is 34.7 Å². The first-order valence-corrected chi connectivity index (χ1v) is 8.83. The van der Waals surface area contributed by atoms with Crippen molar-refractivity contribution in [1.82, 2.24) is 0 Å². The van der Waals surface area contributed by atoms with Gasteiger partial charge >= 0.3 is 0 Å². The molecule has 1 aromatic carbocycles. The van der Waals surface area contributed by atoms with Gasteiger partial charge in [-0.25, -0.2) is 0 Å². The number of thiophene rings is 1. The van der Waals surface area contributed by atoms with Crippen LogP contribution in [0.3, 0.4) is 0 Å². The highest BCUT2D eigenvalue weighted by molar-refractivity contribution is 9.10. The van der Waals surface area contributed by atoms with Crippen molar-refractivity contribution in [3.63, 3.8) is 0 Å². The normalized spacial score (nSPS) is 12.4. The fraction of sp³-hybridized carbons (Fsp3) is 0.333. The summed E-state index contributed by atoms with van der Waals surface area (Å²) in [5, 5.41) is 2.55. The van der Waals surface area contributed by atoms with Crippen molar-refractivity contribution in [1.29, 1.82) is 0 Å². The molecule has 5 heteroatoms. The van der Waals surface area contributed by atoms with Gasteiger partial charge in [0, 0.05) is 4.88 Å². The molecule has 0 N–H and O–H groups in total. The highest BCUT2D eigenvalue weighted by atomic mass is 79.9. The smallest absolute Gasteiger partial charge is 0.133 e. The first-order chi connectivity index (χ1) is 9.54. The second kappa shape index (κ2) is 7.17. The summed E-state index contributed by atoms with van der Waals surface area (Å²) < 4.78 is 6.56. The number of hydrogen-bond acceptors (Lipinski definition) is 2. The highest BCUT2D eigenvalue weighted by Crippen LogP contribution is 2.41. The molecule has 0 spiro atoms. The van der Waals surface area contributed by atoms with Crippen LogP contribution in [0.4, 0.5) is 0 Å². The molecule has 1 nitrogen and oxygen atoms in total. The fourth-order valence-corrected chi connectivity index (χ4v) is 4.05. The summed E-state index contributed by atoms with van der Waals surface area (Å²) in [6, 6.07) is 5.92. The molecule has 2 aromatic rings. The maximum Gasteiger partial charge on any atom is 0.133 e. The van der Waals surface area contributed by atoms with Crippen molar-refractivity contribution >= 4 is 50.5 Å². The van der Waals surface area contributed by atoms with E-state index in [1.54, 1.807) is 11.3 Å². The molecular weight excluding hydrogens is 379 g/mol. The molecule has 108 valence electrons. The van der Waals surface area contributed by atoms with Crippen molar-refractivity contribution in [2.75, 3.05) is 6.61 Å². The van der Waals surface area contributed by atoms with Crippen LogP contribution in [-0.2, 0) is 0 Å². The summed E-state index contributed by atoms with van der Waals surface area (Å²) in [5.41, 5.74) is 2.07. The van der Waals surface area contributed by atoms with E-state index in [0.717, 1.165) is 37.7 Å². The maximum absolute atomic E-state index is 6.54. The molecule has 2 rings (SSSR count). The number of ether oxygens (including phenoxy) is 1. The zero-order valence-electron chi connectivity index (χ0n) is 11.3. The van der Waals surface area contributed by atoms with E-state index in [0.29, 0.717) is 6.61 Å². The zero-order valence-corrected chi connectivity index (χ0v) is 15.2. The summed E-state index contributed by atoms with van der Waals surface area (Å²) in [6.45, 7) is 4.78. The molecule has 0 saturated carbocycles. The third-order valence-corrected chi connectivity index (χ3v) is 5.86. The van der Waals surface area contributed by atoms with E-state index in [1.807, 2.05) is 30.5 Å². The monoisotopic (exact) mass is 392 g/mol. The van der Waals surface area contributed by atoms with E-state index in [-0.39, 0.29) is 5.38 Å². The van der Waals surface area contributed by atoms with Crippen molar-refractivity contribution in [2.45, 2.75) is 25.6 Å². The quantitative estimate of drug-likeness (QED) is 0.520. The molecular formula is C15H15BrCl2OS. The molecule has 0 aliphatic rings. The van der Waals surface area contributed by atoms with Gasteiger partial charge in [-0.1, -0.05) is 24.6 Å². The summed E-state index contributed by atoms with van der Waals surface area (Å²) in [4.78, 5) is 0.986. The van der Waals surface area contributed by atoms with Crippen LogP contribution in [-0.4, -0.2) is 6.61 Å². The van der Waals surface area contributed by atoms with E-state index in [2.05, 4.69) is 22.9 Å². The van der Waals surface area contributed by atoms with Crippen LogP contribution < -0.4 is 4.74 Å². The van der Waals surface area contributed by atoms with Gasteiger partial charge in [0.15, 0.2) is 0 Å². The standard InChI is InChI=1S/C15H15BrCl2OS/c1-3-6-19-12-5-4-10(7-11(12)16)14(18)15-13(17)9(2)8-20-15/h4-5,7-8,14H,3,6H2,1-2H3. The Morgan fingerprint density at radius 3 is 2.70 bits per heavy atom. The van der Waals surface area contributed by atoms with Gasteiger partial charge in [-0.05, 0) is 57.9 Å². The van der Waals surface area contributed by atoms with Gasteiger partial charge in [-0.15, -0.1) is 22.9 Å². The Morgan fingerprint density at radius 2 is 2.15 bits per heavy atom. The van der Waals surface area contributed by atoms with E-state index < -0.39 is 0 Å². The number of halogens is 3. The second-order valence-electron chi connectivity index (χ2n) is 4.50. The largest absolute Gasteiger partial charge is 0.492 e. The van der Waals surface area contributed by atoms with Crippen molar-refractivity contribution in [2.24, 2.45) is 0 Å². The first kappa shape index (κ1) is 16.2. The molecule has 20 heavy (non-hydrogen) atoms. The second-order valence-corrected chi connectivity index (χ2v) is 7.08. The van der Waals surface area contributed by atoms with Crippen molar-refractivity contribution in [3.05, 3.63) is 49.1 Å². The van der Waals surface area contributed by atoms with Crippen LogP contribution in [0, 0.1) is 6.92 Å². The molecule has 0 fully saturated rings. The lowest BCUT2D eigenvalue weighted by Crippen LogP contribution is -1.97. The number of benzene rings is 1. The zero-order chi connectivity index (χ0) is 14.7. The van der Waals surface area contributed by atoms with E-state index in [4.69, 9.17) is 27.9 Å². The Labute approximate surface area is 142 Å². The first-order valence-electron chi connectivity index (χ1n) is 6.34. The Morgan fingerprint density at radius 1 is 1.40 bits per heavy atom. The number of aryl methyl sites for hydroxylation is 1. The van der Waals surface area contributed by atoms with Crippen LogP contribution >= 0.6 is 50.5 Å². The Hall–Kier alpha value is -0.220. The molecule has 1 unspecified atom stereocenters. The fourth-order valence-electron chi connectivity index (χ4n) is 1.78. The summed E-state index contributed by atoms with van der Waals surface area (Å²) in [5.74, 6) is 0.841. The lowest BCUT2D eigenvalue weighted by atomic mass is 10.1. The molecule has 1 aromatic heterocycles. The predicted molar refractivity (Wildman–Crippen MR) is 91.7 cm³/mol. The molecule has 1 atom stereocenters. The minimum Gasteiger partial charge on any atom is -0.492 e. The third kappa shape index (κ3) is 3.51. The predicted octanol–water partition coefficient (Wildman–Crippen LogP) is 6.59. The van der Waals surface area contributed by atoms with Gasteiger partial charge < -0.3 is 4.74 Å². The highest BCUT2D eigenvalue weighted by Gasteiger charge is 2.18. The average Bonchev–Trinajstić information content (AvgIpc) is 2.77. The van der Waals surface area contributed by atoms with Crippen LogP contribution in [0.5, 0.6) is 5.75 Å². The van der Waals surface area contributed by atoms with E-state index in [1.165, 1.54) is 0 Å². The molecule has 0 aliphatic carbocycles. The lowest BCUT2D eigenvalue weighted by Gasteiger charge is -2.12. The SMILES string of the molecule is CCCOc1ccc(C(Cl)c2scc(C)c2Cl)cc1Br. The topological polar surface area (TPSA) is 9.23 Å². The van der Waals surface area contributed by atoms with Crippen LogP contribution in [0.15, 0.2) is 28.1 Å². The van der Waals surface area contributed by atoms with Gasteiger partial charge in [-0.2, -0.15) is 0 Å². The van der Waals surface area contributed by atoms with Crippen LogP contribution in [0.2, 0.25) is 5.02 Å². The average molecular weight is 394 g/mol. The maximum atomic E-state index is 6.54. The number of rotatable bonds is 5. The molecule has 0 bridgehead atoms. The molecule has 0 saturated heterocycles. The van der Waals surface area contributed by atoms with Gasteiger partial charge in [0.25, 0.3) is 0 Å². The summed E-state index contributed by atoms with van der Waals surface area (Å²) in [7, 11) is 0. The molecule has 0 aliphatic heterocycles. The van der Waals surface area contributed by atoms with Crippen molar-refractivity contribution in [3.8, 4) is 5.75 Å². The van der Waals surface area contributed by atoms with Gasteiger partial charge in [0.2, 0.25) is 0 Å². The number of hydrogen-bond donors (Lipinski definition) is 0. The molecule has 0 radical (unpaired) electrons. The van der Waals surface area contributed by atoms with Crippen molar-refractivity contribution < 1.29 is 4.74 Å². The minimum absolute atomic E-state index is 0.238. The van der Waals surface area contributed by atoms with Gasteiger partial charge in [0.1, 0.15) is 5.75 Å². The van der Waals surface area contributed by atoms with E-state index >= 15 is 0 Å². The van der Waals surface area contributed by atoms with Gasteiger partial charge in [-0.3, -0.25) is 0 Å². The molecule has 0 amide bonds. The number of alkyl halides is 1.